The third-order valence-electron chi connectivity index (χ3n) is 3.93. The van der Waals surface area contributed by atoms with Gasteiger partial charge in [-0.15, -0.1) is 11.8 Å². The number of nitrogens with one attached hydrogen (secondary N) is 1. The predicted molar refractivity (Wildman–Crippen MR) is 98.2 cm³/mol. The van der Waals surface area contributed by atoms with E-state index in [1.54, 1.807) is 11.8 Å². The zero-order valence-electron chi connectivity index (χ0n) is 14.7. The second-order valence-electron chi connectivity index (χ2n) is 6.48. The maximum Gasteiger partial charge on any atom is 0.234 e. The number of carbonyl (C=O) groups is 2. The van der Waals surface area contributed by atoms with Crippen LogP contribution in [0.4, 0.5) is 0 Å². The number of aryl methyl sites for hydroxylation is 1. The summed E-state index contributed by atoms with van der Waals surface area (Å²) in [6.07, 6.45) is 0. The van der Waals surface area contributed by atoms with Crippen molar-refractivity contribution >= 4 is 23.6 Å². The van der Waals surface area contributed by atoms with Crippen molar-refractivity contribution < 1.29 is 9.59 Å². The summed E-state index contributed by atoms with van der Waals surface area (Å²) in [7, 11) is 0. The molecule has 1 saturated heterocycles. The average Bonchev–Trinajstić information content (AvgIpc) is 2.54. The first-order chi connectivity index (χ1) is 11.4. The van der Waals surface area contributed by atoms with Crippen LogP contribution in [0.25, 0.3) is 0 Å². The van der Waals surface area contributed by atoms with Gasteiger partial charge in [0.15, 0.2) is 0 Å². The molecule has 1 heterocycles. The molecular weight excluding hydrogens is 322 g/mol. The van der Waals surface area contributed by atoms with Gasteiger partial charge in [-0.2, -0.15) is 0 Å². The van der Waals surface area contributed by atoms with E-state index in [9.17, 15) is 9.59 Å². The van der Waals surface area contributed by atoms with Crippen molar-refractivity contribution in [3.63, 3.8) is 0 Å². The van der Waals surface area contributed by atoms with Gasteiger partial charge < -0.3 is 10.2 Å². The molecule has 2 amide bonds. The minimum absolute atomic E-state index is 0.0553. The summed E-state index contributed by atoms with van der Waals surface area (Å²) < 4.78 is 0. The number of benzene rings is 1. The lowest BCUT2D eigenvalue weighted by Crippen LogP contribution is -2.51. The monoisotopic (exact) mass is 349 g/mol. The minimum atomic E-state index is 0.0553. The summed E-state index contributed by atoms with van der Waals surface area (Å²) in [5.41, 5.74) is 1.23. The maximum atomic E-state index is 12.3. The van der Waals surface area contributed by atoms with Crippen molar-refractivity contribution in [1.29, 1.82) is 0 Å². The van der Waals surface area contributed by atoms with Gasteiger partial charge >= 0.3 is 0 Å². The first kappa shape index (κ1) is 18.8. The molecule has 1 aromatic carbocycles. The fraction of sp³-hybridized carbons (Fsp3) is 0.556. The lowest BCUT2D eigenvalue weighted by atomic mass is 10.2. The molecule has 5 nitrogen and oxygen atoms in total. The normalized spacial score (nSPS) is 15.6. The molecule has 2 rings (SSSR count). The Morgan fingerprint density at radius 1 is 1.12 bits per heavy atom. The van der Waals surface area contributed by atoms with Crippen LogP contribution >= 0.6 is 11.8 Å². The topological polar surface area (TPSA) is 52.7 Å². The van der Waals surface area contributed by atoms with Crippen molar-refractivity contribution in [2.45, 2.75) is 31.7 Å². The highest BCUT2D eigenvalue weighted by atomic mass is 32.2. The summed E-state index contributed by atoms with van der Waals surface area (Å²) in [5, 5.41) is 2.90. The third kappa shape index (κ3) is 6.17. The molecule has 0 radical (unpaired) electrons. The van der Waals surface area contributed by atoms with Crippen LogP contribution in [0.1, 0.15) is 19.4 Å². The molecule has 1 fully saturated rings. The maximum absolute atomic E-state index is 12.3. The van der Waals surface area contributed by atoms with E-state index in [1.165, 1.54) is 5.56 Å². The Balaban J connectivity index is 1.70. The molecule has 1 aromatic rings. The van der Waals surface area contributed by atoms with E-state index in [-0.39, 0.29) is 17.9 Å². The fourth-order valence-corrected chi connectivity index (χ4v) is 3.40. The summed E-state index contributed by atoms with van der Waals surface area (Å²) in [5.74, 6) is 0.697. The van der Waals surface area contributed by atoms with Crippen molar-refractivity contribution in [1.82, 2.24) is 15.1 Å². The van der Waals surface area contributed by atoms with Crippen molar-refractivity contribution in [3.05, 3.63) is 29.8 Å². The Kier molecular flexibility index (Phi) is 7.12. The van der Waals surface area contributed by atoms with Crippen molar-refractivity contribution in [2.75, 3.05) is 38.5 Å². The number of piperazine rings is 1. The molecule has 6 heteroatoms. The van der Waals surface area contributed by atoms with E-state index in [1.807, 2.05) is 18.7 Å². The van der Waals surface area contributed by atoms with Gasteiger partial charge in [0, 0.05) is 37.1 Å². The average molecular weight is 350 g/mol. The standard InChI is InChI=1S/C18H27N3O2S/c1-14(2)19-17(22)12-20-8-10-21(11-9-20)18(23)13-24-16-6-4-15(3)5-7-16/h4-7,14H,8-13H2,1-3H3,(H,19,22). The third-order valence-corrected chi connectivity index (χ3v) is 4.92. The summed E-state index contributed by atoms with van der Waals surface area (Å²) in [6.45, 7) is 9.29. The second-order valence-corrected chi connectivity index (χ2v) is 7.53. The molecule has 0 atom stereocenters. The Bertz CT molecular complexity index is 552. The van der Waals surface area contributed by atoms with Crippen LogP contribution in [0, 0.1) is 6.92 Å². The van der Waals surface area contributed by atoms with Gasteiger partial charge in [-0.1, -0.05) is 17.7 Å². The number of carbonyl (C=O) groups excluding carboxylic acids is 2. The summed E-state index contributed by atoms with van der Waals surface area (Å²) in [6, 6.07) is 8.40. The molecule has 0 aliphatic carbocycles. The molecule has 0 unspecified atom stereocenters. The number of thioether (sulfide) groups is 1. The van der Waals surface area contributed by atoms with Crippen LogP contribution in [0.2, 0.25) is 0 Å². The fourth-order valence-electron chi connectivity index (χ4n) is 2.60. The molecule has 0 spiro atoms. The van der Waals surface area contributed by atoms with E-state index < -0.39 is 0 Å². The van der Waals surface area contributed by atoms with Gasteiger partial charge in [0.2, 0.25) is 11.8 Å². The molecule has 1 N–H and O–H groups in total. The second kappa shape index (κ2) is 9.08. The molecular formula is C18H27N3O2S. The molecule has 132 valence electrons. The largest absolute Gasteiger partial charge is 0.353 e. The SMILES string of the molecule is Cc1ccc(SCC(=O)N2CCN(CC(=O)NC(C)C)CC2)cc1. The predicted octanol–water partition coefficient (Wildman–Crippen LogP) is 1.76. The highest BCUT2D eigenvalue weighted by Gasteiger charge is 2.22. The van der Waals surface area contributed by atoms with E-state index in [4.69, 9.17) is 0 Å². The van der Waals surface area contributed by atoms with Crippen LogP contribution in [-0.4, -0.2) is 66.1 Å². The van der Waals surface area contributed by atoms with Crippen LogP contribution < -0.4 is 5.32 Å². The molecule has 0 saturated carbocycles. The first-order valence-electron chi connectivity index (χ1n) is 8.43. The Labute approximate surface area is 148 Å². The number of rotatable bonds is 6. The van der Waals surface area contributed by atoms with E-state index in [0.29, 0.717) is 25.4 Å². The lowest BCUT2D eigenvalue weighted by molar-refractivity contribution is -0.130. The highest BCUT2D eigenvalue weighted by molar-refractivity contribution is 8.00. The summed E-state index contributed by atoms with van der Waals surface area (Å²) >= 11 is 1.58. The minimum Gasteiger partial charge on any atom is -0.353 e. The Hall–Kier alpha value is -1.53. The van der Waals surface area contributed by atoms with Gasteiger partial charge in [-0.3, -0.25) is 14.5 Å². The van der Waals surface area contributed by atoms with Crippen LogP contribution in [0.5, 0.6) is 0 Å². The van der Waals surface area contributed by atoms with Crippen LogP contribution in [-0.2, 0) is 9.59 Å². The molecule has 24 heavy (non-hydrogen) atoms. The lowest BCUT2D eigenvalue weighted by Gasteiger charge is -2.34. The molecule has 1 aliphatic heterocycles. The Morgan fingerprint density at radius 3 is 2.33 bits per heavy atom. The van der Waals surface area contributed by atoms with E-state index in [2.05, 4.69) is 41.4 Å². The van der Waals surface area contributed by atoms with Gasteiger partial charge in [0.25, 0.3) is 0 Å². The number of hydrogen-bond donors (Lipinski definition) is 1. The highest BCUT2D eigenvalue weighted by Crippen LogP contribution is 2.19. The van der Waals surface area contributed by atoms with Crippen molar-refractivity contribution in [3.8, 4) is 0 Å². The van der Waals surface area contributed by atoms with Gasteiger partial charge in [-0.25, -0.2) is 0 Å². The van der Waals surface area contributed by atoms with Crippen LogP contribution in [0.3, 0.4) is 0 Å². The smallest absolute Gasteiger partial charge is 0.234 e. The number of hydrogen-bond acceptors (Lipinski definition) is 4. The van der Waals surface area contributed by atoms with Gasteiger partial charge in [0.1, 0.15) is 0 Å². The number of amides is 2. The number of nitrogens with zero attached hydrogens (tertiary/aromatic N) is 2. The Morgan fingerprint density at radius 2 is 1.75 bits per heavy atom. The van der Waals surface area contributed by atoms with E-state index in [0.717, 1.165) is 18.0 Å². The van der Waals surface area contributed by atoms with Crippen LogP contribution in [0.15, 0.2) is 29.2 Å². The first-order valence-corrected chi connectivity index (χ1v) is 9.41. The van der Waals surface area contributed by atoms with Gasteiger partial charge in [-0.05, 0) is 32.9 Å². The quantitative estimate of drug-likeness (QED) is 0.795. The zero-order chi connectivity index (χ0) is 17.5. The van der Waals surface area contributed by atoms with Crippen molar-refractivity contribution in [2.24, 2.45) is 0 Å². The summed E-state index contributed by atoms with van der Waals surface area (Å²) in [4.78, 5) is 29.2. The molecule has 0 bridgehead atoms. The molecule has 0 aromatic heterocycles. The molecule has 1 aliphatic rings. The van der Waals surface area contributed by atoms with Gasteiger partial charge in [0.05, 0.1) is 12.3 Å². The zero-order valence-corrected chi connectivity index (χ0v) is 15.6. The van der Waals surface area contributed by atoms with E-state index >= 15 is 0 Å².